The molecular weight excluding hydrogens is 250 g/mol. The molecule has 102 valence electrons. The molecule has 0 saturated heterocycles. The number of alkyl halides is 3. The van der Waals surface area contributed by atoms with Gasteiger partial charge in [-0.3, -0.25) is 0 Å². The quantitative estimate of drug-likeness (QED) is 0.802. The zero-order valence-electron chi connectivity index (χ0n) is 9.89. The smallest absolute Gasteiger partial charge is 0.394 e. The molecule has 1 aromatic rings. The molecule has 18 heavy (non-hydrogen) atoms. The van der Waals surface area contributed by atoms with Crippen molar-refractivity contribution < 1.29 is 22.7 Å². The highest BCUT2D eigenvalue weighted by Gasteiger charge is 2.35. The highest BCUT2D eigenvalue weighted by molar-refractivity contribution is 5.33. The van der Waals surface area contributed by atoms with Crippen LogP contribution in [0, 0.1) is 5.82 Å². The molecule has 0 aliphatic heterocycles. The molecule has 0 aromatic heterocycles. The molecule has 0 bridgehead atoms. The van der Waals surface area contributed by atoms with Crippen LogP contribution in [0.3, 0.4) is 0 Å². The molecule has 0 heterocycles. The van der Waals surface area contributed by atoms with E-state index in [1.165, 1.54) is 0 Å². The molecular formula is C12H15F4NO. The number of nitrogens with one attached hydrogen (secondary N) is 1. The average Bonchev–Trinajstić information content (AvgIpc) is 2.30. The van der Waals surface area contributed by atoms with Crippen molar-refractivity contribution in [2.75, 3.05) is 13.2 Å². The summed E-state index contributed by atoms with van der Waals surface area (Å²) < 4.78 is 51.2. The average molecular weight is 265 g/mol. The first-order valence-corrected chi connectivity index (χ1v) is 5.61. The molecule has 0 aliphatic carbocycles. The van der Waals surface area contributed by atoms with Gasteiger partial charge in [0.15, 0.2) is 0 Å². The molecule has 2 nitrogen and oxygen atoms in total. The zero-order chi connectivity index (χ0) is 13.8. The zero-order valence-corrected chi connectivity index (χ0v) is 9.89. The summed E-state index contributed by atoms with van der Waals surface area (Å²) in [5.74, 6) is -0.946. The summed E-state index contributed by atoms with van der Waals surface area (Å²) in [6, 6.07) is 1.62. The minimum Gasteiger partial charge on any atom is -0.394 e. The predicted molar refractivity (Wildman–Crippen MR) is 59.5 cm³/mol. The van der Waals surface area contributed by atoms with Gasteiger partial charge in [-0.25, -0.2) is 4.39 Å². The van der Waals surface area contributed by atoms with Gasteiger partial charge in [0.25, 0.3) is 0 Å². The summed E-state index contributed by atoms with van der Waals surface area (Å²) >= 11 is 0. The Bertz CT molecular complexity index is 392. The van der Waals surface area contributed by atoms with E-state index >= 15 is 0 Å². The van der Waals surface area contributed by atoms with Crippen LogP contribution in [0.1, 0.15) is 30.5 Å². The van der Waals surface area contributed by atoms with E-state index in [1.807, 2.05) is 6.92 Å². The Labute approximate surface area is 103 Å². The summed E-state index contributed by atoms with van der Waals surface area (Å²) in [5, 5.41) is 11.9. The fraction of sp³-hybridized carbons (Fsp3) is 0.500. The van der Waals surface area contributed by atoms with Gasteiger partial charge in [-0.15, -0.1) is 0 Å². The van der Waals surface area contributed by atoms with E-state index in [9.17, 15) is 17.6 Å². The Kier molecular flexibility index (Phi) is 5.10. The number of benzene rings is 1. The van der Waals surface area contributed by atoms with E-state index in [0.717, 1.165) is 18.6 Å². The number of aliphatic hydroxyl groups excluding tert-OH is 1. The highest BCUT2D eigenvalue weighted by atomic mass is 19.4. The van der Waals surface area contributed by atoms with E-state index in [-0.39, 0.29) is 5.56 Å². The van der Waals surface area contributed by atoms with E-state index in [0.29, 0.717) is 12.6 Å². The van der Waals surface area contributed by atoms with Crippen LogP contribution in [-0.2, 0) is 6.18 Å². The first-order chi connectivity index (χ1) is 8.40. The van der Waals surface area contributed by atoms with Crippen molar-refractivity contribution in [1.82, 2.24) is 5.32 Å². The third-order valence-corrected chi connectivity index (χ3v) is 2.52. The molecule has 1 atom stereocenters. The summed E-state index contributed by atoms with van der Waals surface area (Å²) in [4.78, 5) is 0. The Morgan fingerprint density at radius 3 is 2.50 bits per heavy atom. The summed E-state index contributed by atoms with van der Waals surface area (Å²) in [6.45, 7) is 1.85. The Balaban J connectivity index is 3.13. The van der Waals surface area contributed by atoms with Gasteiger partial charge < -0.3 is 10.4 Å². The van der Waals surface area contributed by atoms with Gasteiger partial charge in [0, 0.05) is 0 Å². The molecule has 0 fully saturated rings. The minimum absolute atomic E-state index is 0.139. The lowest BCUT2D eigenvalue weighted by atomic mass is 10.00. The van der Waals surface area contributed by atoms with Gasteiger partial charge in [0.2, 0.25) is 0 Å². The molecule has 2 N–H and O–H groups in total. The molecule has 0 saturated carbocycles. The van der Waals surface area contributed by atoms with Crippen molar-refractivity contribution in [3.63, 3.8) is 0 Å². The first kappa shape index (κ1) is 14.9. The standard InChI is InChI=1S/C12H15F4NO/c1-2-5-17-11(7-18)9-4-3-8(13)6-10(9)12(14,15)16/h3-4,6,11,17-18H,2,5,7H2,1H3. The Morgan fingerprint density at radius 2 is 2.00 bits per heavy atom. The molecule has 0 aliphatic rings. The van der Waals surface area contributed by atoms with Crippen molar-refractivity contribution in [1.29, 1.82) is 0 Å². The van der Waals surface area contributed by atoms with Gasteiger partial charge in [-0.2, -0.15) is 13.2 Å². The second kappa shape index (κ2) is 6.15. The second-order valence-corrected chi connectivity index (χ2v) is 3.92. The molecule has 1 aromatic carbocycles. The predicted octanol–water partition coefficient (Wildman–Crippen LogP) is 2.88. The van der Waals surface area contributed by atoms with Crippen molar-refractivity contribution in [3.8, 4) is 0 Å². The monoisotopic (exact) mass is 265 g/mol. The molecule has 1 unspecified atom stereocenters. The maximum Gasteiger partial charge on any atom is 0.416 e. The SMILES string of the molecule is CCCNC(CO)c1ccc(F)cc1C(F)(F)F. The number of rotatable bonds is 5. The largest absolute Gasteiger partial charge is 0.416 e. The van der Waals surface area contributed by atoms with Crippen LogP contribution in [0.25, 0.3) is 0 Å². The van der Waals surface area contributed by atoms with Gasteiger partial charge in [-0.1, -0.05) is 13.0 Å². The van der Waals surface area contributed by atoms with Gasteiger partial charge in [0.05, 0.1) is 18.2 Å². The van der Waals surface area contributed by atoms with E-state index in [2.05, 4.69) is 5.32 Å². The van der Waals surface area contributed by atoms with Crippen LogP contribution in [-0.4, -0.2) is 18.3 Å². The van der Waals surface area contributed by atoms with E-state index in [1.54, 1.807) is 0 Å². The van der Waals surface area contributed by atoms with Crippen LogP contribution >= 0.6 is 0 Å². The molecule has 0 radical (unpaired) electrons. The molecule has 0 amide bonds. The van der Waals surface area contributed by atoms with E-state index in [4.69, 9.17) is 5.11 Å². The van der Waals surface area contributed by atoms with Crippen molar-refractivity contribution in [3.05, 3.63) is 35.1 Å². The third-order valence-electron chi connectivity index (χ3n) is 2.52. The second-order valence-electron chi connectivity index (χ2n) is 3.92. The number of halogens is 4. The lowest BCUT2D eigenvalue weighted by Crippen LogP contribution is -2.27. The van der Waals surface area contributed by atoms with Crippen molar-refractivity contribution in [2.24, 2.45) is 0 Å². The maximum atomic E-state index is 12.9. The highest BCUT2D eigenvalue weighted by Crippen LogP contribution is 2.35. The number of aliphatic hydroxyl groups is 1. The van der Waals surface area contributed by atoms with Crippen LogP contribution < -0.4 is 5.32 Å². The van der Waals surface area contributed by atoms with Crippen LogP contribution in [0.2, 0.25) is 0 Å². The number of hydrogen-bond acceptors (Lipinski definition) is 2. The normalized spacial score (nSPS) is 13.7. The van der Waals surface area contributed by atoms with Crippen molar-refractivity contribution in [2.45, 2.75) is 25.6 Å². The molecule has 6 heteroatoms. The summed E-state index contributed by atoms with van der Waals surface area (Å²) in [5.41, 5.74) is -1.19. The third kappa shape index (κ3) is 3.68. The van der Waals surface area contributed by atoms with Gasteiger partial charge in [0.1, 0.15) is 5.82 Å². The lowest BCUT2D eigenvalue weighted by Gasteiger charge is -2.21. The van der Waals surface area contributed by atoms with Crippen molar-refractivity contribution >= 4 is 0 Å². The van der Waals surface area contributed by atoms with Crippen LogP contribution in [0.15, 0.2) is 18.2 Å². The Hall–Kier alpha value is -1.14. The summed E-state index contributed by atoms with van der Waals surface area (Å²) in [6.07, 6.45) is -3.92. The minimum atomic E-state index is -4.64. The topological polar surface area (TPSA) is 32.3 Å². The van der Waals surface area contributed by atoms with Gasteiger partial charge >= 0.3 is 6.18 Å². The first-order valence-electron chi connectivity index (χ1n) is 5.61. The van der Waals surface area contributed by atoms with Crippen LogP contribution in [0.4, 0.5) is 17.6 Å². The number of hydrogen-bond donors (Lipinski definition) is 2. The van der Waals surface area contributed by atoms with E-state index < -0.39 is 30.2 Å². The lowest BCUT2D eigenvalue weighted by molar-refractivity contribution is -0.138. The summed E-state index contributed by atoms with van der Waals surface area (Å²) in [7, 11) is 0. The molecule has 1 rings (SSSR count). The fourth-order valence-corrected chi connectivity index (χ4v) is 1.67. The maximum absolute atomic E-state index is 12.9. The van der Waals surface area contributed by atoms with Gasteiger partial charge in [-0.05, 0) is 30.7 Å². The Morgan fingerprint density at radius 1 is 1.33 bits per heavy atom. The molecule has 0 spiro atoms. The van der Waals surface area contributed by atoms with Crippen LogP contribution in [0.5, 0.6) is 0 Å². The fourth-order valence-electron chi connectivity index (χ4n) is 1.67.